The molecule has 0 amide bonds. The molecule has 0 aliphatic heterocycles. The van der Waals surface area contributed by atoms with Gasteiger partial charge in [0.25, 0.3) is 0 Å². The fourth-order valence-corrected chi connectivity index (χ4v) is 2.68. The van der Waals surface area contributed by atoms with Crippen LogP contribution in [0.15, 0.2) is 42.5 Å². The number of imidazole rings is 1. The number of para-hydroxylation sites is 2. The molecule has 108 valence electrons. The van der Waals surface area contributed by atoms with E-state index in [2.05, 4.69) is 54.8 Å². The predicted octanol–water partition coefficient (Wildman–Crippen LogP) is 3.97. The first-order chi connectivity index (χ1) is 10.2. The van der Waals surface area contributed by atoms with Crippen molar-refractivity contribution >= 4 is 11.0 Å². The molecule has 3 rings (SSSR count). The number of methoxy groups -OCH3 is 1. The van der Waals surface area contributed by atoms with Gasteiger partial charge in [-0.1, -0.05) is 30.3 Å². The Morgan fingerprint density at radius 2 is 1.86 bits per heavy atom. The average molecular weight is 280 g/mol. The van der Waals surface area contributed by atoms with Crippen molar-refractivity contribution in [1.29, 1.82) is 0 Å². The SMILES string of the molecule is COCCn1c(-c2cccc(C)c2C)nc2ccccc21. The minimum atomic E-state index is 0.679. The molecule has 0 aliphatic carbocycles. The highest BCUT2D eigenvalue weighted by Crippen LogP contribution is 2.28. The second-order valence-corrected chi connectivity index (χ2v) is 5.32. The summed E-state index contributed by atoms with van der Waals surface area (Å²) in [7, 11) is 1.73. The van der Waals surface area contributed by atoms with Crippen molar-refractivity contribution < 1.29 is 4.74 Å². The van der Waals surface area contributed by atoms with E-state index in [1.807, 2.05) is 6.07 Å². The summed E-state index contributed by atoms with van der Waals surface area (Å²) in [5, 5.41) is 0. The van der Waals surface area contributed by atoms with Crippen LogP contribution in [0.25, 0.3) is 22.4 Å². The Labute approximate surface area is 125 Å². The van der Waals surface area contributed by atoms with Crippen LogP contribution in [0.1, 0.15) is 11.1 Å². The molecule has 0 N–H and O–H groups in total. The summed E-state index contributed by atoms with van der Waals surface area (Å²) < 4.78 is 7.51. The average Bonchev–Trinajstić information content (AvgIpc) is 2.86. The van der Waals surface area contributed by atoms with Gasteiger partial charge in [0.05, 0.1) is 17.6 Å². The maximum atomic E-state index is 5.26. The molecule has 21 heavy (non-hydrogen) atoms. The summed E-state index contributed by atoms with van der Waals surface area (Å²) in [5.41, 5.74) is 5.96. The molecule has 3 nitrogen and oxygen atoms in total. The lowest BCUT2D eigenvalue weighted by Crippen LogP contribution is -2.06. The number of fused-ring (bicyclic) bond motifs is 1. The minimum absolute atomic E-state index is 0.679. The zero-order chi connectivity index (χ0) is 14.8. The first kappa shape index (κ1) is 13.8. The van der Waals surface area contributed by atoms with E-state index >= 15 is 0 Å². The maximum absolute atomic E-state index is 5.26. The molecule has 3 aromatic rings. The van der Waals surface area contributed by atoms with Crippen LogP contribution in [0, 0.1) is 13.8 Å². The van der Waals surface area contributed by atoms with Crippen LogP contribution in [0.4, 0.5) is 0 Å². The van der Waals surface area contributed by atoms with Crippen LogP contribution in [-0.2, 0) is 11.3 Å². The van der Waals surface area contributed by atoms with Crippen molar-refractivity contribution in [2.45, 2.75) is 20.4 Å². The molecule has 0 aliphatic rings. The van der Waals surface area contributed by atoms with E-state index in [4.69, 9.17) is 9.72 Å². The third-order valence-corrected chi connectivity index (χ3v) is 4.02. The molecule has 0 bridgehead atoms. The first-order valence-corrected chi connectivity index (χ1v) is 7.23. The van der Waals surface area contributed by atoms with Gasteiger partial charge in [0.15, 0.2) is 0 Å². The number of rotatable bonds is 4. The molecule has 1 aromatic heterocycles. The summed E-state index contributed by atoms with van der Waals surface area (Å²) in [5.74, 6) is 1.02. The van der Waals surface area contributed by atoms with Crippen molar-refractivity contribution in [3.63, 3.8) is 0 Å². The smallest absolute Gasteiger partial charge is 0.141 e. The fraction of sp³-hybridized carbons (Fsp3) is 0.278. The van der Waals surface area contributed by atoms with Crippen LogP contribution in [0.5, 0.6) is 0 Å². The second kappa shape index (κ2) is 5.70. The number of nitrogens with zero attached hydrogens (tertiary/aromatic N) is 2. The monoisotopic (exact) mass is 280 g/mol. The van der Waals surface area contributed by atoms with Gasteiger partial charge in [-0.2, -0.15) is 0 Å². The Morgan fingerprint density at radius 1 is 1.05 bits per heavy atom. The molecule has 2 aromatic carbocycles. The van der Waals surface area contributed by atoms with E-state index in [0.29, 0.717) is 6.61 Å². The highest BCUT2D eigenvalue weighted by Gasteiger charge is 2.14. The fourth-order valence-electron chi connectivity index (χ4n) is 2.68. The first-order valence-electron chi connectivity index (χ1n) is 7.23. The van der Waals surface area contributed by atoms with Crippen molar-refractivity contribution in [2.75, 3.05) is 13.7 Å². The number of aromatic nitrogens is 2. The molecule has 0 saturated carbocycles. The van der Waals surface area contributed by atoms with Gasteiger partial charge in [-0.15, -0.1) is 0 Å². The molecular formula is C18H20N2O. The van der Waals surface area contributed by atoms with E-state index in [1.165, 1.54) is 16.7 Å². The molecular weight excluding hydrogens is 260 g/mol. The molecule has 0 unspecified atom stereocenters. The normalized spacial score (nSPS) is 11.2. The van der Waals surface area contributed by atoms with Crippen molar-refractivity contribution in [3.05, 3.63) is 53.6 Å². The van der Waals surface area contributed by atoms with Gasteiger partial charge in [0.2, 0.25) is 0 Å². The van der Waals surface area contributed by atoms with Crippen LogP contribution < -0.4 is 0 Å². The van der Waals surface area contributed by atoms with Gasteiger partial charge in [-0.05, 0) is 37.1 Å². The molecule has 1 heterocycles. The molecule has 0 radical (unpaired) electrons. The van der Waals surface area contributed by atoms with Crippen LogP contribution >= 0.6 is 0 Å². The Hall–Kier alpha value is -2.13. The summed E-state index contributed by atoms with van der Waals surface area (Å²) in [4.78, 5) is 4.85. The zero-order valence-electron chi connectivity index (χ0n) is 12.8. The lowest BCUT2D eigenvalue weighted by molar-refractivity contribution is 0.188. The highest BCUT2D eigenvalue weighted by atomic mass is 16.5. The van der Waals surface area contributed by atoms with E-state index < -0.39 is 0 Å². The van der Waals surface area contributed by atoms with E-state index in [0.717, 1.165) is 23.4 Å². The van der Waals surface area contributed by atoms with E-state index in [-0.39, 0.29) is 0 Å². The summed E-state index contributed by atoms with van der Waals surface area (Å²) in [6, 6.07) is 14.6. The van der Waals surface area contributed by atoms with Crippen LogP contribution in [-0.4, -0.2) is 23.3 Å². The Morgan fingerprint density at radius 3 is 2.67 bits per heavy atom. The molecule has 3 heteroatoms. The number of hydrogen-bond donors (Lipinski definition) is 0. The summed E-state index contributed by atoms with van der Waals surface area (Å²) in [6.45, 7) is 5.78. The Bertz CT molecular complexity index is 774. The van der Waals surface area contributed by atoms with Gasteiger partial charge in [0.1, 0.15) is 5.82 Å². The van der Waals surface area contributed by atoms with Gasteiger partial charge >= 0.3 is 0 Å². The van der Waals surface area contributed by atoms with Crippen molar-refractivity contribution in [1.82, 2.24) is 9.55 Å². The Kier molecular flexibility index (Phi) is 3.76. The number of aryl methyl sites for hydroxylation is 1. The zero-order valence-corrected chi connectivity index (χ0v) is 12.8. The lowest BCUT2D eigenvalue weighted by atomic mass is 10.0. The second-order valence-electron chi connectivity index (χ2n) is 5.32. The largest absolute Gasteiger partial charge is 0.383 e. The number of ether oxygens (including phenoxy) is 1. The third-order valence-electron chi connectivity index (χ3n) is 4.02. The lowest BCUT2D eigenvalue weighted by Gasteiger charge is -2.12. The van der Waals surface area contributed by atoms with Crippen LogP contribution in [0.2, 0.25) is 0 Å². The third kappa shape index (κ3) is 2.45. The summed E-state index contributed by atoms with van der Waals surface area (Å²) in [6.07, 6.45) is 0. The van der Waals surface area contributed by atoms with Crippen LogP contribution in [0.3, 0.4) is 0 Å². The standard InChI is InChI=1S/C18H20N2O/c1-13-7-6-8-15(14(13)2)18-19-16-9-4-5-10-17(16)20(18)11-12-21-3/h4-10H,11-12H2,1-3H3. The van der Waals surface area contributed by atoms with Gasteiger partial charge in [-0.25, -0.2) is 4.98 Å². The van der Waals surface area contributed by atoms with Gasteiger partial charge in [0, 0.05) is 19.2 Å². The van der Waals surface area contributed by atoms with Crippen molar-refractivity contribution in [3.8, 4) is 11.4 Å². The van der Waals surface area contributed by atoms with Gasteiger partial charge < -0.3 is 9.30 Å². The number of benzene rings is 2. The molecule has 0 spiro atoms. The quantitative estimate of drug-likeness (QED) is 0.723. The number of hydrogen-bond acceptors (Lipinski definition) is 2. The maximum Gasteiger partial charge on any atom is 0.141 e. The Balaban J connectivity index is 2.23. The van der Waals surface area contributed by atoms with Crippen molar-refractivity contribution in [2.24, 2.45) is 0 Å². The summed E-state index contributed by atoms with van der Waals surface area (Å²) >= 11 is 0. The topological polar surface area (TPSA) is 27.1 Å². The van der Waals surface area contributed by atoms with E-state index in [1.54, 1.807) is 7.11 Å². The molecule has 0 fully saturated rings. The van der Waals surface area contributed by atoms with Gasteiger partial charge in [-0.3, -0.25) is 0 Å². The minimum Gasteiger partial charge on any atom is -0.383 e. The highest BCUT2D eigenvalue weighted by molar-refractivity contribution is 5.81. The van der Waals surface area contributed by atoms with E-state index in [9.17, 15) is 0 Å². The molecule has 0 saturated heterocycles. The molecule has 0 atom stereocenters. The predicted molar refractivity (Wildman–Crippen MR) is 86.5 cm³/mol.